The second-order valence-corrected chi connectivity index (χ2v) is 14.5. The lowest BCUT2D eigenvalue weighted by Gasteiger charge is -2.27. The number of nitrogens with zero attached hydrogens (tertiary/aromatic N) is 2. The van der Waals surface area contributed by atoms with Gasteiger partial charge in [0.25, 0.3) is 0 Å². The molecule has 11 aromatic rings. The van der Waals surface area contributed by atoms with Gasteiger partial charge in [-0.05, 0) is 82.9 Å². The fraction of sp³-hybridized carbons (Fsp3) is 0. The molecule has 11 rings (SSSR count). The fourth-order valence-corrected chi connectivity index (χ4v) is 8.83. The van der Waals surface area contributed by atoms with E-state index in [1.165, 1.54) is 11.1 Å². The Morgan fingerprint density at radius 3 is 1.80 bits per heavy atom. The average Bonchev–Trinajstić information content (AvgIpc) is 3.95. The van der Waals surface area contributed by atoms with Crippen molar-refractivity contribution in [2.75, 3.05) is 4.90 Å². The topological polar surface area (TPSA) is 42.4 Å². The van der Waals surface area contributed by atoms with Crippen LogP contribution in [0.5, 0.6) is 0 Å². The van der Waals surface area contributed by atoms with Crippen molar-refractivity contribution in [3.05, 3.63) is 182 Å². The lowest BCUT2D eigenvalue weighted by Crippen LogP contribution is -2.10. The maximum absolute atomic E-state index is 6.51. The molecule has 0 aliphatic rings. The van der Waals surface area contributed by atoms with Crippen molar-refractivity contribution >= 4 is 82.5 Å². The molecule has 0 saturated heterocycles. The van der Waals surface area contributed by atoms with Crippen molar-refractivity contribution in [1.29, 1.82) is 0 Å². The van der Waals surface area contributed by atoms with Gasteiger partial charge in [-0.3, -0.25) is 0 Å². The molecule has 0 unspecified atom stereocenters. The highest BCUT2D eigenvalue weighted by atomic mass is 32.1. The first-order valence-corrected chi connectivity index (χ1v) is 18.8. The van der Waals surface area contributed by atoms with Gasteiger partial charge < -0.3 is 13.7 Å². The summed E-state index contributed by atoms with van der Waals surface area (Å²) in [5.74, 6) is 0. The van der Waals surface area contributed by atoms with Crippen LogP contribution in [0.15, 0.2) is 191 Å². The second-order valence-electron chi connectivity index (χ2n) is 13.5. The summed E-state index contributed by atoms with van der Waals surface area (Å²) in [5.41, 5.74) is 13.1. The lowest BCUT2D eigenvalue weighted by molar-refractivity contribution is 0.668. The summed E-state index contributed by atoms with van der Waals surface area (Å²) >= 11 is 1.71. The molecular weight excluding hydrogens is 681 g/mol. The van der Waals surface area contributed by atoms with Gasteiger partial charge in [-0.1, -0.05) is 121 Å². The predicted octanol–water partition coefficient (Wildman–Crippen LogP) is 14.6. The Bertz CT molecular complexity index is 3160. The lowest BCUT2D eigenvalue weighted by atomic mass is 9.93. The average molecular weight is 711 g/mol. The molecule has 0 aliphatic heterocycles. The second kappa shape index (κ2) is 12.3. The normalized spacial score (nSPS) is 11.7. The quantitative estimate of drug-likeness (QED) is 0.172. The number of benzene rings is 8. The van der Waals surface area contributed by atoms with Gasteiger partial charge in [-0.25, -0.2) is 4.98 Å². The number of anilines is 3. The summed E-state index contributed by atoms with van der Waals surface area (Å²) in [6.45, 7) is 0. The van der Waals surface area contributed by atoms with Crippen LogP contribution in [0, 0.1) is 0 Å². The van der Waals surface area contributed by atoms with E-state index in [1.54, 1.807) is 11.3 Å². The predicted molar refractivity (Wildman–Crippen MR) is 225 cm³/mol. The Morgan fingerprint density at radius 1 is 0.426 bits per heavy atom. The van der Waals surface area contributed by atoms with Gasteiger partial charge in [0, 0.05) is 27.7 Å². The van der Waals surface area contributed by atoms with Crippen molar-refractivity contribution in [1.82, 2.24) is 4.98 Å². The van der Waals surface area contributed by atoms with Crippen molar-refractivity contribution in [3.8, 4) is 32.8 Å². The number of hydrogen-bond donors (Lipinski definition) is 0. The highest BCUT2D eigenvalue weighted by Gasteiger charge is 2.23. The molecule has 4 nitrogen and oxygen atoms in total. The summed E-state index contributed by atoms with van der Waals surface area (Å²) in [6, 6.07) is 63.8. The van der Waals surface area contributed by atoms with Gasteiger partial charge in [0.05, 0.1) is 26.7 Å². The van der Waals surface area contributed by atoms with E-state index in [1.807, 2.05) is 18.2 Å². The summed E-state index contributed by atoms with van der Waals surface area (Å²) in [7, 11) is 0. The molecule has 0 aliphatic carbocycles. The van der Waals surface area contributed by atoms with Gasteiger partial charge in [0.15, 0.2) is 0 Å². The maximum atomic E-state index is 6.51. The molecular formula is C49H30N2O2S. The Morgan fingerprint density at radius 2 is 1.02 bits per heavy atom. The zero-order valence-corrected chi connectivity index (χ0v) is 29.8. The Hall–Kier alpha value is -6.95. The molecule has 0 atom stereocenters. The van der Waals surface area contributed by atoms with Crippen LogP contribution in [0.4, 0.5) is 17.1 Å². The van der Waals surface area contributed by atoms with Crippen LogP contribution in [0.2, 0.25) is 0 Å². The molecule has 0 fully saturated rings. The highest BCUT2D eigenvalue weighted by molar-refractivity contribution is 7.21. The molecule has 0 spiro atoms. The van der Waals surface area contributed by atoms with Crippen LogP contribution in [-0.4, -0.2) is 4.98 Å². The van der Waals surface area contributed by atoms with E-state index in [4.69, 9.17) is 13.8 Å². The first-order chi connectivity index (χ1) is 26.8. The third-order valence-corrected chi connectivity index (χ3v) is 11.4. The first-order valence-electron chi connectivity index (χ1n) is 18.0. The van der Waals surface area contributed by atoms with E-state index in [-0.39, 0.29) is 0 Å². The number of para-hydroxylation sites is 1. The number of fused-ring (bicyclic) bond motifs is 8. The van der Waals surface area contributed by atoms with Gasteiger partial charge in [-0.15, -0.1) is 11.3 Å². The van der Waals surface area contributed by atoms with E-state index in [0.29, 0.717) is 0 Å². The van der Waals surface area contributed by atoms with Crippen LogP contribution in [0.3, 0.4) is 0 Å². The minimum absolute atomic E-state index is 0.826. The third-order valence-electron chi connectivity index (χ3n) is 10.3. The van der Waals surface area contributed by atoms with E-state index < -0.39 is 0 Å². The van der Waals surface area contributed by atoms with Crippen LogP contribution in [0.1, 0.15) is 0 Å². The Kier molecular flexibility index (Phi) is 7.00. The minimum atomic E-state index is 0.826. The Labute approximate surface area is 314 Å². The van der Waals surface area contributed by atoms with Gasteiger partial charge >= 0.3 is 0 Å². The van der Waals surface area contributed by atoms with Crippen LogP contribution < -0.4 is 4.90 Å². The van der Waals surface area contributed by atoms with Crippen molar-refractivity contribution in [2.45, 2.75) is 0 Å². The number of furan rings is 2. The molecule has 254 valence electrons. The van der Waals surface area contributed by atoms with E-state index in [2.05, 4.69) is 169 Å². The smallest absolute Gasteiger partial charge is 0.137 e. The number of rotatable bonds is 6. The van der Waals surface area contributed by atoms with Gasteiger partial charge in [0.1, 0.15) is 27.3 Å². The van der Waals surface area contributed by atoms with Crippen LogP contribution in [-0.2, 0) is 0 Å². The first kappa shape index (κ1) is 30.7. The standard InChI is InChI=1S/C49H30N2O2S/c1-4-13-31(14-5-1)36-25-23-34(29-38(36)32-15-6-2-7-16-32)51(40-20-12-22-43-46(40)37-19-10-11-21-41(37)52-43)35-24-26-42-39(30-35)47-44(53-42)27-28-45-48(47)50-49(54-45)33-17-8-3-9-18-33/h1-30H. The number of hydrogen-bond acceptors (Lipinski definition) is 5. The zero-order chi connectivity index (χ0) is 35.6. The monoisotopic (exact) mass is 710 g/mol. The van der Waals surface area contributed by atoms with Crippen molar-refractivity contribution in [3.63, 3.8) is 0 Å². The molecule has 0 radical (unpaired) electrons. The summed E-state index contributed by atoms with van der Waals surface area (Å²) in [4.78, 5) is 7.57. The largest absolute Gasteiger partial charge is 0.456 e. The van der Waals surface area contributed by atoms with Crippen LogP contribution >= 0.6 is 11.3 Å². The molecule has 8 aromatic carbocycles. The van der Waals surface area contributed by atoms with E-state index >= 15 is 0 Å². The fourth-order valence-electron chi connectivity index (χ4n) is 7.85. The van der Waals surface area contributed by atoms with Gasteiger partial charge in [0.2, 0.25) is 0 Å². The Balaban J connectivity index is 1.19. The molecule has 0 bridgehead atoms. The molecule has 5 heteroatoms. The van der Waals surface area contributed by atoms with Crippen molar-refractivity contribution in [2.24, 2.45) is 0 Å². The molecule has 0 N–H and O–H groups in total. The molecule has 3 heterocycles. The summed E-state index contributed by atoms with van der Waals surface area (Å²) in [5, 5.41) is 5.18. The minimum Gasteiger partial charge on any atom is -0.456 e. The molecule has 54 heavy (non-hydrogen) atoms. The van der Waals surface area contributed by atoms with E-state index in [9.17, 15) is 0 Å². The van der Waals surface area contributed by atoms with Crippen LogP contribution in [0.25, 0.3) is 86.9 Å². The molecule has 0 amide bonds. The highest BCUT2D eigenvalue weighted by Crippen LogP contribution is 2.47. The summed E-state index contributed by atoms with van der Waals surface area (Å²) < 4.78 is 14.1. The third kappa shape index (κ3) is 4.94. The number of aromatic nitrogens is 1. The maximum Gasteiger partial charge on any atom is 0.137 e. The molecule has 0 saturated carbocycles. The van der Waals surface area contributed by atoms with E-state index in [0.717, 1.165) is 92.9 Å². The summed E-state index contributed by atoms with van der Waals surface area (Å²) in [6.07, 6.45) is 0. The van der Waals surface area contributed by atoms with Gasteiger partial charge in [-0.2, -0.15) is 0 Å². The number of thiazole rings is 1. The zero-order valence-electron chi connectivity index (χ0n) is 28.9. The molecule has 3 aromatic heterocycles. The van der Waals surface area contributed by atoms with Crippen molar-refractivity contribution < 1.29 is 8.83 Å². The SMILES string of the molecule is c1ccc(-c2nc3c(ccc4oc5ccc(N(c6ccc(-c7ccccc7)c(-c7ccccc7)c6)c6cccc7oc8ccccc8c67)cc5c43)s2)cc1.